The third kappa shape index (κ3) is 3.88. The number of benzene rings is 3. The fourth-order valence-electron chi connectivity index (χ4n) is 3.00. The molecule has 0 saturated carbocycles. The molecule has 4 aromatic rings. The zero-order chi connectivity index (χ0) is 19.3. The Balaban J connectivity index is 1.46. The maximum atomic E-state index is 12.5. The highest BCUT2D eigenvalue weighted by molar-refractivity contribution is 6.02. The Morgan fingerprint density at radius 3 is 2.50 bits per heavy atom. The van der Waals surface area contributed by atoms with Crippen molar-refractivity contribution in [2.75, 3.05) is 10.7 Å². The molecule has 2 N–H and O–H groups in total. The highest BCUT2D eigenvalue weighted by Gasteiger charge is 2.10. The lowest BCUT2D eigenvalue weighted by molar-refractivity contribution is -0.115. The van der Waals surface area contributed by atoms with Crippen LogP contribution in [0.2, 0.25) is 0 Å². The average Bonchev–Trinajstić information content (AvgIpc) is 3.21. The van der Waals surface area contributed by atoms with E-state index < -0.39 is 0 Å². The summed E-state index contributed by atoms with van der Waals surface area (Å²) in [5, 5.41) is 12.3. The molecule has 2 amide bonds. The summed E-state index contributed by atoms with van der Waals surface area (Å²) in [7, 11) is 0. The first-order chi connectivity index (χ1) is 13.7. The van der Waals surface area contributed by atoms with Gasteiger partial charge in [0.05, 0.1) is 6.42 Å². The van der Waals surface area contributed by atoms with Crippen molar-refractivity contribution in [3.8, 4) is 0 Å². The second kappa shape index (κ2) is 7.71. The summed E-state index contributed by atoms with van der Waals surface area (Å²) in [5.41, 5.74) is 4.55. The van der Waals surface area contributed by atoms with E-state index in [1.165, 1.54) is 17.3 Å². The number of hydrogen-bond acceptors (Lipinski definition) is 4. The van der Waals surface area contributed by atoms with E-state index >= 15 is 0 Å². The number of fused-ring (bicyclic) bond motifs is 1. The molecule has 138 valence electrons. The summed E-state index contributed by atoms with van der Waals surface area (Å²) in [6.45, 7) is 0. The Bertz CT molecular complexity index is 1130. The number of amides is 2. The summed E-state index contributed by atoms with van der Waals surface area (Å²) in [4.78, 5) is 24.8. The molecule has 1 aromatic heterocycles. The van der Waals surface area contributed by atoms with Crippen molar-refractivity contribution in [3.63, 3.8) is 0 Å². The van der Waals surface area contributed by atoms with Gasteiger partial charge in [-0.1, -0.05) is 48.5 Å². The Morgan fingerprint density at radius 1 is 0.893 bits per heavy atom. The van der Waals surface area contributed by atoms with Crippen LogP contribution in [0.25, 0.3) is 10.8 Å². The molecule has 0 atom stereocenters. The number of hydrogen-bond donors (Lipinski definition) is 2. The molecule has 3 aromatic carbocycles. The third-order valence-corrected chi connectivity index (χ3v) is 4.29. The van der Waals surface area contributed by atoms with Gasteiger partial charge in [-0.2, -0.15) is 0 Å². The molecular formula is C21H17N5O2. The lowest BCUT2D eigenvalue weighted by atomic mass is 10.0. The van der Waals surface area contributed by atoms with Crippen LogP contribution < -0.4 is 10.7 Å². The van der Waals surface area contributed by atoms with Gasteiger partial charge in [-0.25, -0.2) is 4.68 Å². The fraction of sp³-hybridized carbons (Fsp3) is 0.0476. The maximum absolute atomic E-state index is 12.5. The summed E-state index contributed by atoms with van der Waals surface area (Å²) < 4.78 is 1.36. The van der Waals surface area contributed by atoms with Crippen LogP contribution in [-0.2, 0) is 11.2 Å². The van der Waals surface area contributed by atoms with Crippen molar-refractivity contribution in [2.45, 2.75) is 6.42 Å². The van der Waals surface area contributed by atoms with Crippen LogP contribution in [0.15, 0.2) is 79.4 Å². The minimum absolute atomic E-state index is 0.146. The minimum atomic E-state index is -0.329. The van der Waals surface area contributed by atoms with E-state index in [1.807, 2.05) is 42.5 Å². The predicted molar refractivity (Wildman–Crippen MR) is 106 cm³/mol. The van der Waals surface area contributed by atoms with Crippen molar-refractivity contribution >= 4 is 28.3 Å². The quantitative estimate of drug-likeness (QED) is 0.564. The van der Waals surface area contributed by atoms with Crippen LogP contribution in [0.1, 0.15) is 15.9 Å². The summed E-state index contributed by atoms with van der Waals surface area (Å²) in [5.74, 6) is -0.474. The van der Waals surface area contributed by atoms with Crippen LogP contribution in [0, 0.1) is 0 Å². The molecule has 7 nitrogen and oxygen atoms in total. The Morgan fingerprint density at radius 2 is 1.64 bits per heavy atom. The molecule has 0 saturated heterocycles. The molecule has 0 spiro atoms. The molecule has 28 heavy (non-hydrogen) atoms. The van der Waals surface area contributed by atoms with E-state index in [1.54, 1.807) is 24.3 Å². The second-order valence-corrected chi connectivity index (χ2v) is 6.25. The van der Waals surface area contributed by atoms with Gasteiger partial charge in [0.2, 0.25) is 5.91 Å². The van der Waals surface area contributed by atoms with Crippen LogP contribution in [0.5, 0.6) is 0 Å². The predicted octanol–water partition coefficient (Wildman–Crippen LogP) is 3.00. The first kappa shape index (κ1) is 17.4. The fourth-order valence-corrected chi connectivity index (χ4v) is 3.00. The molecule has 0 aliphatic rings. The molecule has 0 aliphatic heterocycles. The monoisotopic (exact) mass is 371 g/mol. The van der Waals surface area contributed by atoms with Crippen LogP contribution in [-0.4, -0.2) is 26.7 Å². The number of anilines is 1. The number of carbonyl (C=O) groups is 2. The second-order valence-electron chi connectivity index (χ2n) is 6.25. The third-order valence-electron chi connectivity index (χ3n) is 4.29. The Hall–Kier alpha value is -4.00. The number of aromatic nitrogens is 3. The first-order valence-electron chi connectivity index (χ1n) is 8.71. The highest BCUT2D eigenvalue weighted by atomic mass is 16.2. The van der Waals surface area contributed by atoms with Crippen LogP contribution >= 0.6 is 0 Å². The zero-order valence-electron chi connectivity index (χ0n) is 14.9. The molecule has 1 heterocycles. The van der Waals surface area contributed by atoms with E-state index in [-0.39, 0.29) is 18.2 Å². The van der Waals surface area contributed by atoms with Gasteiger partial charge < -0.3 is 5.32 Å². The molecule has 0 aliphatic carbocycles. The molecular weight excluding hydrogens is 354 g/mol. The van der Waals surface area contributed by atoms with Crippen molar-refractivity contribution in [1.29, 1.82) is 0 Å². The number of nitrogens with one attached hydrogen (secondary N) is 2. The summed E-state index contributed by atoms with van der Waals surface area (Å²) >= 11 is 0. The topological polar surface area (TPSA) is 88.9 Å². The standard InChI is InChI=1S/C21H17N5O2/c27-20(12-16-7-3-6-15-5-1-2-10-19(15)16)24-18-9-4-8-17(11-18)21(28)25-26-13-22-23-14-26/h1-11,13-14H,12H2,(H,24,27)(H,25,28). The summed E-state index contributed by atoms with van der Waals surface area (Å²) in [6.07, 6.45) is 3.01. The van der Waals surface area contributed by atoms with E-state index in [0.29, 0.717) is 11.3 Å². The largest absolute Gasteiger partial charge is 0.326 e. The lowest BCUT2D eigenvalue weighted by Crippen LogP contribution is -2.22. The van der Waals surface area contributed by atoms with Gasteiger partial charge in [0.15, 0.2) is 0 Å². The summed E-state index contributed by atoms with van der Waals surface area (Å²) in [6, 6.07) is 20.6. The molecule has 0 fully saturated rings. The van der Waals surface area contributed by atoms with Crippen molar-refractivity contribution in [3.05, 3.63) is 90.5 Å². The molecule has 0 radical (unpaired) electrons. The van der Waals surface area contributed by atoms with Gasteiger partial charge in [-0.05, 0) is 34.5 Å². The van der Waals surface area contributed by atoms with Crippen molar-refractivity contribution in [1.82, 2.24) is 14.9 Å². The molecule has 0 bridgehead atoms. The van der Waals surface area contributed by atoms with E-state index in [4.69, 9.17) is 0 Å². The van der Waals surface area contributed by atoms with Gasteiger partial charge in [0, 0.05) is 11.3 Å². The first-order valence-corrected chi connectivity index (χ1v) is 8.71. The number of rotatable bonds is 5. The highest BCUT2D eigenvalue weighted by Crippen LogP contribution is 2.19. The molecule has 4 rings (SSSR count). The van der Waals surface area contributed by atoms with Crippen LogP contribution in [0.4, 0.5) is 5.69 Å². The Kier molecular flexibility index (Phi) is 4.79. The maximum Gasteiger partial charge on any atom is 0.270 e. The number of nitrogens with zero attached hydrogens (tertiary/aromatic N) is 3. The van der Waals surface area contributed by atoms with Gasteiger partial charge in [0.25, 0.3) is 5.91 Å². The van der Waals surface area contributed by atoms with Crippen molar-refractivity contribution < 1.29 is 9.59 Å². The molecule has 7 heteroatoms. The normalized spacial score (nSPS) is 10.6. The van der Waals surface area contributed by atoms with Gasteiger partial charge in [-0.15, -0.1) is 10.2 Å². The molecule has 0 unspecified atom stereocenters. The lowest BCUT2D eigenvalue weighted by Gasteiger charge is -2.10. The number of carbonyl (C=O) groups excluding carboxylic acids is 2. The average molecular weight is 371 g/mol. The van der Waals surface area contributed by atoms with E-state index in [2.05, 4.69) is 20.9 Å². The smallest absolute Gasteiger partial charge is 0.270 e. The van der Waals surface area contributed by atoms with Gasteiger partial charge in [0.1, 0.15) is 12.7 Å². The van der Waals surface area contributed by atoms with Crippen LogP contribution in [0.3, 0.4) is 0 Å². The van der Waals surface area contributed by atoms with E-state index in [0.717, 1.165) is 16.3 Å². The van der Waals surface area contributed by atoms with Gasteiger partial charge >= 0.3 is 0 Å². The minimum Gasteiger partial charge on any atom is -0.326 e. The Labute approximate surface area is 161 Å². The van der Waals surface area contributed by atoms with E-state index in [9.17, 15) is 9.59 Å². The van der Waals surface area contributed by atoms with Gasteiger partial charge in [-0.3, -0.25) is 15.0 Å². The SMILES string of the molecule is O=C(Cc1cccc2ccccc12)Nc1cccc(C(=O)Nn2cnnc2)c1. The zero-order valence-corrected chi connectivity index (χ0v) is 14.9. The van der Waals surface area contributed by atoms with Crippen molar-refractivity contribution in [2.24, 2.45) is 0 Å².